The predicted octanol–water partition coefficient (Wildman–Crippen LogP) is 3.42. The minimum atomic E-state index is -0.856. The quantitative estimate of drug-likeness (QED) is 0.919. The van der Waals surface area contributed by atoms with Crippen molar-refractivity contribution in [1.29, 1.82) is 0 Å². The Morgan fingerprint density at radius 1 is 1.47 bits per heavy atom. The summed E-state index contributed by atoms with van der Waals surface area (Å²) in [6.07, 6.45) is 5.68. The maximum Gasteiger partial charge on any atom is 0.347 e. The molecule has 0 bridgehead atoms. The van der Waals surface area contributed by atoms with Crippen LogP contribution in [0.5, 0.6) is 0 Å². The van der Waals surface area contributed by atoms with Crippen molar-refractivity contribution in [2.75, 3.05) is 11.9 Å². The molecule has 1 N–H and O–H groups in total. The summed E-state index contributed by atoms with van der Waals surface area (Å²) >= 11 is 1.31. The van der Waals surface area contributed by atoms with Gasteiger partial charge < -0.3 is 10.0 Å². The first-order chi connectivity index (χ1) is 9.04. The van der Waals surface area contributed by atoms with Crippen molar-refractivity contribution in [3.63, 3.8) is 0 Å². The van der Waals surface area contributed by atoms with E-state index in [1.54, 1.807) is 0 Å². The first-order valence-corrected chi connectivity index (χ1v) is 7.82. The highest BCUT2D eigenvalue weighted by molar-refractivity contribution is 7.17. The Morgan fingerprint density at radius 3 is 2.68 bits per heavy atom. The molecule has 1 heterocycles. The molecule has 2 atom stereocenters. The third kappa shape index (κ3) is 2.91. The van der Waals surface area contributed by atoms with E-state index >= 15 is 0 Å². The van der Waals surface area contributed by atoms with E-state index in [1.165, 1.54) is 37.0 Å². The van der Waals surface area contributed by atoms with Crippen LogP contribution in [0.3, 0.4) is 0 Å². The summed E-state index contributed by atoms with van der Waals surface area (Å²) in [6.45, 7) is 4.24. The fourth-order valence-corrected chi connectivity index (χ4v) is 3.92. The fraction of sp³-hybridized carbons (Fsp3) is 0.714. The SMILES string of the molecule is CCc1nc(N(C)C2CCCCC2C)sc1C(=O)O. The molecule has 1 saturated carbocycles. The van der Waals surface area contributed by atoms with Gasteiger partial charge in [-0.3, -0.25) is 0 Å². The van der Waals surface area contributed by atoms with E-state index in [9.17, 15) is 9.90 Å². The van der Waals surface area contributed by atoms with Gasteiger partial charge in [-0.2, -0.15) is 0 Å². The second kappa shape index (κ2) is 5.90. The van der Waals surface area contributed by atoms with Gasteiger partial charge in [-0.25, -0.2) is 9.78 Å². The molecule has 0 aromatic carbocycles. The average molecular weight is 282 g/mol. The van der Waals surface area contributed by atoms with Crippen molar-refractivity contribution in [1.82, 2.24) is 4.98 Å². The number of aromatic carboxylic acids is 1. The number of hydrogen-bond acceptors (Lipinski definition) is 4. The van der Waals surface area contributed by atoms with Crippen LogP contribution >= 0.6 is 11.3 Å². The molecule has 1 aliphatic carbocycles. The second-order valence-corrected chi connectivity index (χ2v) is 6.35. The van der Waals surface area contributed by atoms with Crippen molar-refractivity contribution < 1.29 is 9.90 Å². The number of nitrogens with zero attached hydrogens (tertiary/aromatic N) is 2. The molecule has 0 radical (unpaired) electrons. The van der Waals surface area contributed by atoms with Crippen molar-refractivity contribution >= 4 is 22.4 Å². The number of carbonyl (C=O) groups is 1. The molecule has 2 unspecified atom stereocenters. The summed E-state index contributed by atoms with van der Waals surface area (Å²) in [6, 6.07) is 0.492. The number of anilines is 1. The standard InChI is InChI=1S/C14H22N2O2S/c1-4-10-12(13(17)18)19-14(15-10)16(3)11-8-6-5-7-9(11)2/h9,11H,4-8H2,1-3H3,(H,17,18). The van der Waals surface area contributed by atoms with Gasteiger partial charge in [0, 0.05) is 13.1 Å². The van der Waals surface area contributed by atoms with Gasteiger partial charge in [0.25, 0.3) is 0 Å². The van der Waals surface area contributed by atoms with Gasteiger partial charge in [0.05, 0.1) is 5.69 Å². The smallest absolute Gasteiger partial charge is 0.347 e. The molecule has 1 fully saturated rings. The summed E-state index contributed by atoms with van der Waals surface area (Å²) in [5.41, 5.74) is 0.711. The minimum Gasteiger partial charge on any atom is -0.477 e. The van der Waals surface area contributed by atoms with Crippen LogP contribution in [0.2, 0.25) is 0 Å². The molecule has 1 aromatic rings. The Kier molecular flexibility index (Phi) is 4.45. The van der Waals surface area contributed by atoms with Crippen LogP contribution in [-0.4, -0.2) is 29.1 Å². The Morgan fingerprint density at radius 2 is 2.16 bits per heavy atom. The molecule has 1 aromatic heterocycles. The van der Waals surface area contributed by atoms with E-state index < -0.39 is 5.97 Å². The van der Waals surface area contributed by atoms with Crippen LogP contribution in [0.15, 0.2) is 0 Å². The maximum atomic E-state index is 11.2. The highest BCUT2D eigenvalue weighted by atomic mass is 32.1. The van der Waals surface area contributed by atoms with Crippen molar-refractivity contribution in [2.45, 2.75) is 52.0 Å². The largest absolute Gasteiger partial charge is 0.477 e. The lowest BCUT2D eigenvalue weighted by atomic mass is 9.85. The van der Waals surface area contributed by atoms with Gasteiger partial charge >= 0.3 is 5.97 Å². The highest BCUT2D eigenvalue weighted by Crippen LogP contribution is 2.33. The third-order valence-electron chi connectivity index (χ3n) is 4.08. The number of rotatable bonds is 4. The van der Waals surface area contributed by atoms with Crippen LogP contribution in [0, 0.1) is 5.92 Å². The molecular weight excluding hydrogens is 260 g/mol. The Labute approximate surface area is 118 Å². The van der Waals surface area contributed by atoms with Crippen molar-refractivity contribution in [3.8, 4) is 0 Å². The molecule has 5 heteroatoms. The van der Waals surface area contributed by atoms with E-state index in [0.717, 1.165) is 5.13 Å². The monoisotopic (exact) mass is 282 g/mol. The fourth-order valence-electron chi connectivity index (χ4n) is 2.91. The zero-order valence-electron chi connectivity index (χ0n) is 11.8. The number of thiazole rings is 1. The highest BCUT2D eigenvalue weighted by Gasteiger charge is 2.28. The van der Waals surface area contributed by atoms with Crippen LogP contribution < -0.4 is 4.90 Å². The Bertz CT molecular complexity index is 458. The first-order valence-electron chi connectivity index (χ1n) is 7.00. The van der Waals surface area contributed by atoms with E-state index in [2.05, 4.69) is 23.9 Å². The molecule has 1 aliphatic rings. The summed E-state index contributed by atoms with van der Waals surface area (Å²) in [4.78, 5) is 18.3. The van der Waals surface area contributed by atoms with Gasteiger partial charge in [0.1, 0.15) is 4.88 Å². The lowest BCUT2D eigenvalue weighted by molar-refractivity contribution is 0.0701. The van der Waals surface area contributed by atoms with E-state index in [0.29, 0.717) is 29.0 Å². The predicted molar refractivity (Wildman–Crippen MR) is 78.3 cm³/mol. The van der Waals surface area contributed by atoms with E-state index in [4.69, 9.17) is 0 Å². The second-order valence-electron chi connectivity index (χ2n) is 5.37. The maximum absolute atomic E-state index is 11.2. The topological polar surface area (TPSA) is 53.4 Å². The van der Waals surface area contributed by atoms with Crippen LogP contribution in [-0.2, 0) is 6.42 Å². The lowest BCUT2D eigenvalue weighted by Crippen LogP contribution is -2.38. The molecule has 106 valence electrons. The lowest BCUT2D eigenvalue weighted by Gasteiger charge is -2.36. The zero-order chi connectivity index (χ0) is 14.0. The van der Waals surface area contributed by atoms with E-state index in [-0.39, 0.29) is 0 Å². The third-order valence-corrected chi connectivity index (χ3v) is 5.26. The summed E-state index contributed by atoms with van der Waals surface area (Å²) < 4.78 is 0. The summed E-state index contributed by atoms with van der Waals surface area (Å²) in [5.74, 6) is -0.202. The van der Waals surface area contributed by atoms with Crippen molar-refractivity contribution in [3.05, 3.63) is 10.6 Å². The first kappa shape index (κ1) is 14.3. The number of carboxylic acid groups (broad SMARTS) is 1. The molecule has 19 heavy (non-hydrogen) atoms. The number of aromatic nitrogens is 1. The van der Waals surface area contributed by atoms with Gasteiger partial charge in [-0.1, -0.05) is 38.0 Å². The van der Waals surface area contributed by atoms with Crippen LogP contribution in [0.25, 0.3) is 0 Å². The summed E-state index contributed by atoms with van der Waals surface area (Å²) in [7, 11) is 2.05. The van der Waals surface area contributed by atoms with Crippen LogP contribution in [0.1, 0.15) is 54.9 Å². The van der Waals surface area contributed by atoms with Gasteiger partial charge in [-0.15, -0.1) is 0 Å². The number of aryl methyl sites for hydroxylation is 1. The molecule has 0 spiro atoms. The molecule has 2 rings (SSSR count). The van der Waals surface area contributed by atoms with Crippen molar-refractivity contribution in [2.24, 2.45) is 5.92 Å². The van der Waals surface area contributed by atoms with Crippen LogP contribution in [0.4, 0.5) is 5.13 Å². The van der Waals surface area contributed by atoms with Gasteiger partial charge in [0.15, 0.2) is 5.13 Å². The number of hydrogen-bond donors (Lipinski definition) is 1. The molecular formula is C14H22N2O2S. The minimum absolute atomic E-state index is 0.396. The molecule has 4 nitrogen and oxygen atoms in total. The number of carboxylic acids is 1. The Balaban J connectivity index is 2.23. The molecule has 0 aliphatic heterocycles. The molecule has 0 saturated heterocycles. The Hall–Kier alpha value is -1.10. The van der Waals surface area contributed by atoms with E-state index in [1.807, 2.05) is 6.92 Å². The average Bonchev–Trinajstić information content (AvgIpc) is 2.83. The van der Waals surface area contributed by atoms with Gasteiger partial charge in [0.2, 0.25) is 0 Å². The zero-order valence-corrected chi connectivity index (χ0v) is 12.7. The normalized spacial score (nSPS) is 23.3. The summed E-state index contributed by atoms with van der Waals surface area (Å²) in [5, 5.41) is 10.1. The van der Waals surface area contributed by atoms with Gasteiger partial charge in [-0.05, 0) is 25.2 Å². The molecule has 0 amide bonds.